The smallest absolute Gasteiger partial charge is 0.306 e. The van der Waals surface area contributed by atoms with E-state index in [2.05, 4.69) is 6.92 Å². The predicted molar refractivity (Wildman–Crippen MR) is 129 cm³/mol. The van der Waals surface area contributed by atoms with Crippen LogP contribution in [-0.2, 0) is 9.53 Å². The Morgan fingerprint density at radius 1 is 0.633 bits per heavy atom. The van der Waals surface area contributed by atoms with Crippen molar-refractivity contribution in [3.05, 3.63) is 0 Å². The van der Waals surface area contributed by atoms with E-state index < -0.39 is 0 Å². The fourth-order valence-corrected chi connectivity index (χ4v) is 5.87. The van der Waals surface area contributed by atoms with Gasteiger partial charge in [-0.05, 0) is 37.5 Å². The predicted octanol–water partition coefficient (Wildman–Crippen LogP) is 9.15. The van der Waals surface area contributed by atoms with Crippen LogP contribution in [0.25, 0.3) is 0 Å². The first-order valence-corrected chi connectivity index (χ1v) is 14.0. The van der Waals surface area contributed by atoms with Crippen molar-refractivity contribution in [1.29, 1.82) is 0 Å². The molecule has 2 rings (SSSR count). The first-order valence-electron chi connectivity index (χ1n) is 14.0. The van der Waals surface area contributed by atoms with Crippen molar-refractivity contribution < 1.29 is 9.53 Å². The Balaban J connectivity index is 1.30. The van der Waals surface area contributed by atoms with E-state index in [0.29, 0.717) is 12.3 Å². The minimum absolute atomic E-state index is 0.0802. The summed E-state index contributed by atoms with van der Waals surface area (Å²) in [6.45, 7) is 2.29. The second-order valence-electron chi connectivity index (χ2n) is 10.4. The Bertz CT molecular complexity index is 419. The summed E-state index contributed by atoms with van der Waals surface area (Å²) in [6, 6.07) is 0. The molecular weight excluding hydrogens is 368 g/mol. The van der Waals surface area contributed by atoms with Crippen LogP contribution in [-0.4, -0.2) is 12.1 Å². The summed E-state index contributed by atoms with van der Waals surface area (Å²) in [6.07, 6.45) is 30.7. The van der Waals surface area contributed by atoms with E-state index in [0.717, 1.165) is 18.8 Å². The summed E-state index contributed by atoms with van der Waals surface area (Å²) in [7, 11) is 0. The van der Waals surface area contributed by atoms with Gasteiger partial charge in [0, 0.05) is 6.42 Å². The summed E-state index contributed by atoms with van der Waals surface area (Å²) < 4.78 is 5.87. The molecule has 0 heterocycles. The highest BCUT2D eigenvalue weighted by atomic mass is 16.5. The van der Waals surface area contributed by atoms with Crippen molar-refractivity contribution in [3.63, 3.8) is 0 Å². The van der Waals surface area contributed by atoms with Crippen molar-refractivity contribution in [2.75, 3.05) is 0 Å². The minimum Gasteiger partial charge on any atom is -0.462 e. The highest BCUT2D eigenvalue weighted by Gasteiger charge is 2.39. The molecule has 2 heteroatoms. The van der Waals surface area contributed by atoms with Crippen LogP contribution in [0.2, 0.25) is 0 Å². The lowest BCUT2D eigenvalue weighted by atomic mass is 9.81. The molecule has 30 heavy (non-hydrogen) atoms. The zero-order chi connectivity index (χ0) is 21.3. The van der Waals surface area contributed by atoms with Crippen molar-refractivity contribution in [2.45, 2.75) is 161 Å². The highest BCUT2D eigenvalue weighted by Crippen LogP contribution is 2.43. The van der Waals surface area contributed by atoms with Crippen molar-refractivity contribution >= 4 is 5.97 Å². The van der Waals surface area contributed by atoms with E-state index in [-0.39, 0.29) is 12.1 Å². The number of carbonyl (C=O) groups is 1. The van der Waals surface area contributed by atoms with Gasteiger partial charge < -0.3 is 4.74 Å². The largest absolute Gasteiger partial charge is 0.462 e. The molecule has 3 atom stereocenters. The van der Waals surface area contributed by atoms with E-state index >= 15 is 0 Å². The average Bonchev–Trinajstić information content (AvgIpc) is 3.16. The van der Waals surface area contributed by atoms with Gasteiger partial charge in [-0.25, -0.2) is 0 Å². The molecule has 0 saturated heterocycles. The van der Waals surface area contributed by atoms with E-state index in [1.54, 1.807) is 0 Å². The monoisotopic (exact) mass is 420 g/mol. The van der Waals surface area contributed by atoms with Crippen LogP contribution in [0.1, 0.15) is 155 Å². The summed E-state index contributed by atoms with van der Waals surface area (Å²) in [5.41, 5.74) is 0. The second-order valence-corrected chi connectivity index (χ2v) is 10.4. The lowest BCUT2D eigenvalue weighted by Gasteiger charge is -2.28. The molecule has 0 spiro atoms. The number of ether oxygens (including phenoxy) is 1. The van der Waals surface area contributed by atoms with Crippen LogP contribution < -0.4 is 0 Å². The number of fused-ring (bicyclic) bond motifs is 1. The third kappa shape index (κ3) is 11.2. The van der Waals surface area contributed by atoms with Gasteiger partial charge in [0.05, 0.1) is 0 Å². The van der Waals surface area contributed by atoms with E-state index in [9.17, 15) is 4.79 Å². The summed E-state index contributed by atoms with van der Waals surface area (Å²) in [4.78, 5) is 12.2. The fourth-order valence-electron chi connectivity index (χ4n) is 5.87. The topological polar surface area (TPSA) is 26.3 Å². The molecule has 0 aliphatic heterocycles. The third-order valence-corrected chi connectivity index (χ3v) is 7.78. The highest BCUT2D eigenvalue weighted by molar-refractivity contribution is 5.69. The van der Waals surface area contributed by atoms with Gasteiger partial charge in [0.15, 0.2) is 0 Å². The van der Waals surface area contributed by atoms with Crippen LogP contribution in [0.3, 0.4) is 0 Å². The Morgan fingerprint density at radius 3 is 1.70 bits per heavy atom. The number of unbranched alkanes of at least 4 members (excludes halogenated alkanes) is 15. The molecule has 0 amide bonds. The van der Waals surface area contributed by atoms with Gasteiger partial charge in [-0.1, -0.05) is 122 Å². The summed E-state index contributed by atoms with van der Waals surface area (Å²) in [5.74, 6) is 1.62. The van der Waals surface area contributed by atoms with E-state index in [4.69, 9.17) is 4.74 Å². The van der Waals surface area contributed by atoms with Crippen LogP contribution >= 0.6 is 0 Å². The standard InChI is InChI=1S/C28H52O2/c1-2-3-4-5-6-7-8-9-10-11-12-13-14-15-16-17-22-28(29)30-27-24-23-25-20-18-19-21-26(25)27/h25-27H,2-24H2,1H3. The van der Waals surface area contributed by atoms with Crippen LogP contribution in [0, 0.1) is 11.8 Å². The van der Waals surface area contributed by atoms with Gasteiger partial charge in [-0.2, -0.15) is 0 Å². The number of rotatable bonds is 18. The van der Waals surface area contributed by atoms with Gasteiger partial charge >= 0.3 is 5.97 Å². The Labute approximate surface area is 188 Å². The molecular formula is C28H52O2. The minimum atomic E-state index is 0.0802. The Kier molecular flexibility index (Phi) is 14.6. The quantitative estimate of drug-likeness (QED) is 0.163. The molecule has 0 bridgehead atoms. The molecule has 0 aromatic heterocycles. The molecule has 2 nitrogen and oxygen atoms in total. The van der Waals surface area contributed by atoms with Crippen LogP contribution in [0.5, 0.6) is 0 Å². The number of esters is 1. The maximum Gasteiger partial charge on any atom is 0.306 e. The molecule has 2 aliphatic carbocycles. The van der Waals surface area contributed by atoms with Gasteiger partial charge in [0.1, 0.15) is 6.10 Å². The molecule has 176 valence electrons. The van der Waals surface area contributed by atoms with Gasteiger partial charge in [0.25, 0.3) is 0 Å². The first-order chi connectivity index (χ1) is 14.8. The second kappa shape index (κ2) is 17.1. The molecule has 3 unspecified atom stereocenters. The van der Waals surface area contributed by atoms with Crippen molar-refractivity contribution in [3.8, 4) is 0 Å². The molecule has 2 fully saturated rings. The summed E-state index contributed by atoms with van der Waals surface area (Å²) >= 11 is 0. The number of hydrogen-bond acceptors (Lipinski definition) is 2. The molecule has 0 radical (unpaired) electrons. The number of hydrogen-bond donors (Lipinski definition) is 0. The SMILES string of the molecule is CCCCCCCCCCCCCCCCCCC(=O)OC1CCC2CCCCC21. The molecule has 0 aromatic rings. The van der Waals surface area contributed by atoms with E-state index in [1.165, 1.54) is 128 Å². The summed E-state index contributed by atoms with van der Waals surface area (Å²) in [5, 5.41) is 0. The number of carbonyl (C=O) groups excluding carboxylic acids is 1. The van der Waals surface area contributed by atoms with Crippen LogP contribution in [0.15, 0.2) is 0 Å². The normalized spacial score (nSPS) is 23.4. The lowest BCUT2D eigenvalue weighted by molar-refractivity contribution is -0.151. The third-order valence-electron chi connectivity index (χ3n) is 7.78. The molecule has 2 saturated carbocycles. The van der Waals surface area contributed by atoms with E-state index in [1.807, 2.05) is 0 Å². The zero-order valence-corrected chi connectivity index (χ0v) is 20.3. The zero-order valence-electron chi connectivity index (χ0n) is 20.3. The van der Waals surface area contributed by atoms with Gasteiger partial charge in [0.2, 0.25) is 0 Å². The molecule has 0 N–H and O–H groups in total. The molecule has 2 aliphatic rings. The lowest BCUT2D eigenvalue weighted by Crippen LogP contribution is -2.27. The maximum atomic E-state index is 12.2. The Morgan fingerprint density at radius 2 is 1.13 bits per heavy atom. The van der Waals surface area contributed by atoms with Crippen LogP contribution in [0.4, 0.5) is 0 Å². The Hall–Kier alpha value is -0.530. The maximum absolute atomic E-state index is 12.2. The van der Waals surface area contributed by atoms with Crippen molar-refractivity contribution in [2.24, 2.45) is 11.8 Å². The first kappa shape index (κ1) is 25.7. The fraction of sp³-hybridized carbons (Fsp3) is 0.964. The molecule has 0 aromatic carbocycles. The van der Waals surface area contributed by atoms with Gasteiger partial charge in [-0.15, -0.1) is 0 Å². The van der Waals surface area contributed by atoms with Gasteiger partial charge in [-0.3, -0.25) is 4.79 Å². The van der Waals surface area contributed by atoms with Crippen molar-refractivity contribution in [1.82, 2.24) is 0 Å². The average molecular weight is 421 g/mol.